The molecule has 0 saturated carbocycles. The topological polar surface area (TPSA) is 64.3 Å². The summed E-state index contributed by atoms with van der Waals surface area (Å²) in [6, 6.07) is 13.6. The van der Waals surface area contributed by atoms with E-state index in [2.05, 4.69) is 5.32 Å². The first-order valence-corrected chi connectivity index (χ1v) is 5.62. The van der Waals surface area contributed by atoms with E-state index in [0.717, 1.165) is 0 Å². The van der Waals surface area contributed by atoms with Crippen LogP contribution in [0.4, 0.5) is 16.2 Å². The summed E-state index contributed by atoms with van der Waals surface area (Å²) in [5.74, 6) is 0.469. The first-order chi connectivity index (χ1) is 8.65. The Balaban J connectivity index is 2.01. The summed E-state index contributed by atoms with van der Waals surface area (Å²) < 4.78 is 5.06. The number of hydrogen-bond acceptors (Lipinski definition) is 3. The highest BCUT2D eigenvalue weighted by Gasteiger charge is 2.05. The molecule has 0 radical (unpaired) electrons. The number of rotatable bonds is 2. The average molecular weight is 263 g/mol. The van der Waals surface area contributed by atoms with Crippen molar-refractivity contribution < 1.29 is 9.53 Å². The van der Waals surface area contributed by atoms with Gasteiger partial charge in [-0.3, -0.25) is 5.32 Å². The molecule has 0 atom stereocenters. The van der Waals surface area contributed by atoms with Gasteiger partial charge in [-0.05, 0) is 30.3 Å². The highest BCUT2D eigenvalue weighted by atomic mass is 35.5. The number of nitrogen functional groups attached to an aromatic ring is 1. The Hall–Kier alpha value is -2.20. The predicted molar refractivity (Wildman–Crippen MR) is 72.0 cm³/mol. The van der Waals surface area contributed by atoms with Gasteiger partial charge in [-0.2, -0.15) is 0 Å². The van der Waals surface area contributed by atoms with Gasteiger partial charge < -0.3 is 10.5 Å². The van der Waals surface area contributed by atoms with Gasteiger partial charge in [0.05, 0.1) is 10.7 Å². The average Bonchev–Trinajstić information content (AvgIpc) is 2.35. The van der Waals surface area contributed by atoms with E-state index in [0.29, 0.717) is 22.1 Å². The minimum atomic E-state index is -0.581. The number of para-hydroxylation sites is 1. The molecule has 5 heteroatoms. The Labute approximate surface area is 109 Å². The molecule has 0 bridgehead atoms. The Morgan fingerprint density at radius 1 is 1.17 bits per heavy atom. The first kappa shape index (κ1) is 12.3. The van der Waals surface area contributed by atoms with Crippen molar-refractivity contribution in [2.45, 2.75) is 0 Å². The highest BCUT2D eigenvalue weighted by Crippen LogP contribution is 2.22. The molecular weight excluding hydrogens is 252 g/mol. The summed E-state index contributed by atoms with van der Waals surface area (Å²) in [7, 11) is 0. The summed E-state index contributed by atoms with van der Waals surface area (Å²) >= 11 is 5.78. The van der Waals surface area contributed by atoms with E-state index in [1.807, 2.05) is 6.07 Å². The number of hydrogen-bond donors (Lipinski definition) is 2. The van der Waals surface area contributed by atoms with Crippen LogP contribution in [-0.4, -0.2) is 6.09 Å². The molecular formula is C13H11ClN2O2. The van der Waals surface area contributed by atoms with Gasteiger partial charge in [0, 0.05) is 5.69 Å². The van der Waals surface area contributed by atoms with Crippen molar-refractivity contribution in [1.29, 1.82) is 0 Å². The largest absolute Gasteiger partial charge is 0.417 e. The normalized spacial score (nSPS) is 9.83. The third-order valence-corrected chi connectivity index (χ3v) is 2.54. The number of carbonyl (C=O) groups excluding carboxylic acids is 1. The lowest BCUT2D eigenvalue weighted by Gasteiger charge is -2.07. The summed E-state index contributed by atoms with van der Waals surface area (Å²) in [5.41, 5.74) is 6.55. The first-order valence-electron chi connectivity index (χ1n) is 5.24. The molecule has 0 aliphatic rings. The molecule has 4 nitrogen and oxygen atoms in total. The van der Waals surface area contributed by atoms with E-state index in [1.165, 1.54) is 0 Å². The van der Waals surface area contributed by atoms with Gasteiger partial charge in [0.25, 0.3) is 0 Å². The number of nitrogens with one attached hydrogen (secondary N) is 1. The van der Waals surface area contributed by atoms with Crippen LogP contribution in [0.1, 0.15) is 0 Å². The Kier molecular flexibility index (Phi) is 3.69. The van der Waals surface area contributed by atoms with Crippen LogP contribution in [0.5, 0.6) is 5.75 Å². The SMILES string of the molecule is Nc1cc(NC(=O)Oc2ccccc2)ccc1Cl. The molecule has 0 aliphatic heterocycles. The summed E-state index contributed by atoms with van der Waals surface area (Å²) in [6.45, 7) is 0. The van der Waals surface area contributed by atoms with Gasteiger partial charge in [-0.25, -0.2) is 4.79 Å². The fourth-order valence-corrected chi connectivity index (χ4v) is 1.48. The molecule has 18 heavy (non-hydrogen) atoms. The van der Waals surface area contributed by atoms with Crippen molar-refractivity contribution in [3.05, 3.63) is 53.6 Å². The van der Waals surface area contributed by atoms with E-state index >= 15 is 0 Å². The quantitative estimate of drug-likeness (QED) is 0.814. The Bertz CT molecular complexity index is 558. The van der Waals surface area contributed by atoms with Crippen LogP contribution in [0.3, 0.4) is 0 Å². The molecule has 1 amide bonds. The van der Waals surface area contributed by atoms with Crippen LogP contribution in [0.25, 0.3) is 0 Å². The van der Waals surface area contributed by atoms with E-state index < -0.39 is 6.09 Å². The van der Waals surface area contributed by atoms with Crippen LogP contribution in [-0.2, 0) is 0 Å². The molecule has 0 heterocycles. The second-order valence-electron chi connectivity index (χ2n) is 3.56. The van der Waals surface area contributed by atoms with Crippen molar-refractivity contribution in [2.75, 3.05) is 11.1 Å². The molecule has 92 valence electrons. The smallest absolute Gasteiger partial charge is 0.410 e. The molecule has 2 aromatic carbocycles. The highest BCUT2D eigenvalue weighted by molar-refractivity contribution is 6.33. The molecule has 3 N–H and O–H groups in total. The van der Waals surface area contributed by atoms with Crippen molar-refractivity contribution in [3.8, 4) is 5.75 Å². The maximum atomic E-state index is 11.6. The van der Waals surface area contributed by atoms with Crippen molar-refractivity contribution in [2.24, 2.45) is 0 Å². The lowest BCUT2D eigenvalue weighted by atomic mass is 10.3. The van der Waals surface area contributed by atoms with Crippen LogP contribution in [0, 0.1) is 0 Å². The van der Waals surface area contributed by atoms with E-state index in [9.17, 15) is 4.79 Å². The third-order valence-electron chi connectivity index (χ3n) is 2.20. The fraction of sp³-hybridized carbons (Fsp3) is 0. The Morgan fingerprint density at radius 2 is 1.89 bits per heavy atom. The summed E-state index contributed by atoms with van der Waals surface area (Å²) in [4.78, 5) is 11.6. The molecule has 0 aromatic heterocycles. The van der Waals surface area contributed by atoms with Crippen molar-refractivity contribution in [3.63, 3.8) is 0 Å². The molecule has 2 rings (SSSR count). The zero-order chi connectivity index (χ0) is 13.0. The van der Waals surface area contributed by atoms with Crippen LogP contribution in [0.15, 0.2) is 48.5 Å². The van der Waals surface area contributed by atoms with Gasteiger partial charge >= 0.3 is 6.09 Å². The number of halogens is 1. The van der Waals surface area contributed by atoms with Gasteiger partial charge in [0.15, 0.2) is 0 Å². The summed E-state index contributed by atoms with van der Waals surface area (Å²) in [5, 5.41) is 3.00. The molecule has 0 spiro atoms. The minimum absolute atomic E-state index is 0.397. The maximum Gasteiger partial charge on any atom is 0.417 e. The van der Waals surface area contributed by atoms with Gasteiger partial charge in [-0.1, -0.05) is 29.8 Å². The number of nitrogens with two attached hydrogens (primary N) is 1. The maximum absolute atomic E-state index is 11.6. The lowest BCUT2D eigenvalue weighted by molar-refractivity contribution is 0.215. The van der Waals surface area contributed by atoms with E-state index in [-0.39, 0.29) is 0 Å². The van der Waals surface area contributed by atoms with Gasteiger partial charge in [0.1, 0.15) is 5.75 Å². The monoisotopic (exact) mass is 262 g/mol. The van der Waals surface area contributed by atoms with Gasteiger partial charge in [-0.15, -0.1) is 0 Å². The number of ether oxygens (including phenoxy) is 1. The fourth-order valence-electron chi connectivity index (χ4n) is 1.36. The molecule has 0 fully saturated rings. The zero-order valence-electron chi connectivity index (χ0n) is 9.39. The molecule has 0 unspecified atom stereocenters. The zero-order valence-corrected chi connectivity index (χ0v) is 10.1. The number of anilines is 2. The number of amides is 1. The molecule has 2 aromatic rings. The third kappa shape index (κ3) is 3.15. The van der Waals surface area contributed by atoms with Crippen LogP contribution >= 0.6 is 11.6 Å². The predicted octanol–water partition coefficient (Wildman–Crippen LogP) is 3.53. The standard InChI is InChI=1S/C13H11ClN2O2/c14-11-7-6-9(8-12(11)15)16-13(17)18-10-4-2-1-3-5-10/h1-8H,15H2,(H,16,17). The summed E-state index contributed by atoms with van der Waals surface area (Å²) in [6.07, 6.45) is -0.581. The van der Waals surface area contributed by atoms with Crippen molar-refractivity contribution >= 4 is 29.1 Å². The Morgan fingerprint density at radius 3 is 2.56 bits per heavy atom. The van der Waals surface area contributed by atoms with E-state index in [4.69, 9.17) is 22.1 Å². The molecule has 0 saturated heterocycles. The second-order valence-corrected chi connectivity index (χ2v) is 3.97. The van der Waals surface area contributed by atoms with Crippen LogP contribution < -0.4 is 15.8 Å². The van der Waals surface area contributed by atoms with Crippen molar-refractivity contribution in [1.82, 2.24) is 0 Å². The minimum Gasteiger partial charge on any atom is -0.410 e. The lowest BCUT2D eigenvalue weighted by Crippen LogP contribution is -2.16. The second kappa shape index (κ2) is 5.42. The number of carbonyl (C=O) groups is 1. The van der Waals surface area contributed by atoms with Gasteiger partial charge in [0.2, 0.25) is 0 Å². The van der Waals surface area contributed by atoms with E-state index in [1.54, 1.807) is 42.5 Å². The van der Waals surface area contributed by atoms with Crippen LogP contribution in [0.2, 0.25) is 5.02 Å². The number of benzene rings is 2. The molecule has 0 aliphatic carbocycles.